The Morgan fingerprint density at radius 2 is 2.06 bits per heavy atom. The van der Waals surface area contributed by atoms with Crippen LogP contribution in [-0.4, -0.2) is 24.9 Å². The Bertz CT molecular complexity index is 633. The molecule has 1 aromatic heterocycles. The largest absolute Gasteiger partial charge is 0.382 e. The smallest absolute Gasteiger partial charge is 0.229 e. The molecule has 0 unspecified atom stereocenters. The molecular formula is C10H12N4O2S. The summed E-state index contributed by atoms with van der Waals surface area (Å²) in [6.45, 7) is 0. The average Bonchev–Trinajstić information content (AvgIpc) is 2.63. The lowest BCUT2D eigenvalue weighted by atomic mass is 10.1. The second kappa shape index (κ2) is 4.10. The van der Waals surface area contributed by atoms with Crippen LogP contribution in [0.1, 0.15) is 0 Å². The Kier molecular flexibility index (Phi) is 2.76. The maximum Gasteiger partial charge on any atom is 0.229 e. The molecule has 0 amide bonds. The SMILES string of the molecule is CS(=O)(=O)Nc1ccccc1-c1cc(N)n[nH]1. The van der Waals surface area contributed by atoms with Crippen LogP contribution < -0.4 is 10.5 Å². The van der Waals surface area contributed by atoms with Gasteiger partial charge in [-0.25, -0.2) is 8.42 Å². The van der Waals surface area contributed by atoms with Gasteiger partial charge in [-0.3, -0.25) is 9.82 Å². The minimum absolute atomic E-state index is 0.356. The van der Waals surface area contributed by atoms with Crippen LogP contribution in [-0.2, 0) is 10.0 Å². The number of aromatic nitrogens is 2. The molecule has 90 valence electrons. The van der Waals surface area contributed by atoms with Gasteiger partial charge >= 0.3 is 0 Å². The summed E-state index contributed by atoms with van der Waals surface area (Å²) in [4.78, 5) is 0. The number of H-pyrrole nitrogens is 1. The van der Waals surface area contributed by atoms with Gasteiger partial charge in [0.15, 0.2) is 0 Å². The van der Waals surface area contributed by atoms with E-state index in [1.165, 1.54) is 0 Å². The number of rotatable bonds is 3. The standard InChI is InChI=1S/C10H12N4O2S/c1-17(15,16)14-8-5-3-2-4-7(8)9-6-10(11)13-12-9/h2-6,14H,1H3,(H3,11,12,13). The molecule has 0 saturated carbocycles. The molecule has 7 heteroatoms. The zero-order chi connectivity index (χ0) is 12.5. The summed E-state index contributed by atoms with van der Waals surface area (Å²) in [5, 5.41) is 6.54. The third-order valence-electron chi connectivity index (χ3n) is 2.11. The monoisotopic (exact) mass is 252 g/mol. The molecule has 0 saturated heterocycles. The summed E-state index contributed by atoms with van der Waals surface area (Å²) in [6, 6.07) is 8.65. The highest BCUT2D eigenvalue weighted by Crippen LogP contribution is 2.27. The van der Waals surface area contributed by atoms with Crippen LogP contribution >= 0.6 is 0 Å². The number of hydrogen-bond acceptors (Lipinski definition) is 4. The van der Waals surface area contributed by atoms with Crippen LogP contribution in [0.25, 0.3) is 11.3 Å². The van der Waals surface area contributed by atoms with Crippen molar-refractivity contribution in [2.24, 2.45) is 0 Å². The molecule has 4 N–H and O–H groups in total. The van der Waals surface area contributed by atoms with E-state index in [4.69, 9.17) is 5.73 Å². The number of hydrogen-bond donors (Lipinski definition) is 3. The molecule has 0 fully saturated rings. The quantitative estimate of drug-likeness (QED) is 0.759. The van der Waals surface area contributed by atoms with E-state index in [-0.39, 0.29) is 0 Å². The maximum absolute atomic E-state index is 11.2. The minimum Gasteiger partial charge on any atom is -0.382 e. The number of nitrogens with zero attached hydrogens (tertiary/aromatic N) is 1. The van der Waals surface area contributed by atoms with Gasteiger partial charge in [-0.2, -0.15) is 5.10 Å². The van der Waals surface area contributed by atoms with Gasteiger partial charge in [0.2, 0.25) is 10.0 Å². The number of sulfonamides is 1. The van der Waals surface area contributed by atoms with Gasteiger partial charge in [0.1, 0.15) is 5.82 Å². The van der Waals surface area contributed by atoms with E-state index in [0.717, 1.165) is 6.26 Å². The van der Waals surface area contributed by atoms with E-state index < -0.39 is 10.0 Å². The molecule has 0 radical (unpaired) electrons. The van der Waals surface area contributed by atoms with Gasteiger partial charge in [0.25, 0.3) is 0 Å². The molecule has 0 aliphatic heterocycles. The number of nitrogens with two attached hydrogens (primary N) is 1. The zero-order valence-corrected chi connectivity index (χ0v) is 9.95. The summed E-state index contributed by atoms with van der Waals surface area (Å²) in [5.74, 6) is 0.356. The van der Waals surface area contributed by atoms with E-state index in [1.807, 2.05) is 0 Å². The fraction of sp³-hybridized carbons (Fsp3) is 0.100. The molecule has 0 spiro atoms. The Labute approximate surface area is 98.9 Å². The normalized spacial score (nSPS) is 11.4. The van der Waals surface area contributed by atoms with Gasteiger partial charge in [-0.05, 0) is 6.07 Å². The molecule has 0 aliphatic rings. The highest BCUT2D eigenvalue weighted by molar-refractivity contribution is 7.92. The van der Waals surface area contributed by atoms with Crippen molar-refractivity contribution in [3.05, 3.63) is 30.3 Å². The predicted molar refractivity (Wildman–Crippen MR) is 66.9 cm³/mol. The molecule has 1 aromatic carbocycles. The van der Waals surface area contributed by atoms with E-state index in [0.29, 0.717) is 22.8 Å². The Morgan fingerprint density at radius 1 is 1.35 bits per heavy atom. The van der Waals surface area contributed by atoms with E-state index >= 15 is 0 Å². The van der Waals surface area contributed by atoms with Gasteiger partial charge in [-0.15, -0.1) is 0 Å². The fourth-order valence-corrected chi connectivity index (χ4v) is 2.06. The number of nitrogen functional groups attached to an aromatic ring is 1. The number of anilines is 2. The molecule has 2 aromatic rings. The molecular weight excluding hydrogens is 240 g/mol. The molecule has 0 bridgehead atoms. The van der Waals surface area contributed by atoms with Crippen LogP contribution in [0.5, 0.6) is 0 Å². The zero-order valence-electron chi connectivity index (χ0n) is 9.14. The molecule has 6 nitrogen and oxygen atoms in total. The lowest BCUT2D eigenvalue weighted by Crippen LogP contribution is -2.10. The van der Waals surface area contributed by atoms with E-state index in [1.54, 1.807) is 30.3 Å². The van der Waals surface area contributed by atoms with E-state index in [2.05, 4.69) is 14.9 Å². The molecule has 0 atom stereocenters. The van der Waals surface area contributed by atoms with Crippen LogP contribution in [0, 0.1) is 0 Å². The van der Waals surface area contributed by atoms with Gasteiger partial charge < -0.3 is 5.73 Å². The predicted octanol–water partition coefficient (Wildman–Crippen LogP) is 1.03. The highest BCUT2D eigenvalue weighted by atomic mass is 32.2. The van der Waals surface area contributed by atoms with Crippen molar-refractivity contribution in [3.8, 4) is 11.3 Å². The lowest BCUT2D eigenvalue weighted by molar-refractivity contribution is 0.607. The Hall–Kier alpha value is -2.02. The Balaban J connectivity index is 2.48. The van der Waals surface area contributed by atoms with Crippen molar-refractivity contribution in [1.82, 2.24) is 10.2 Å². The van der Waals surface area contributed by atoms with E-state index in [9.17, 15) is 8.42 Å². The Morgan fingerprint density at radius 3 is 2.65 bits per heavy atom. The van der Waals surface area contributed by atoms with Gasteiger partial charge in [0, 0.05) is 11.6 Å². The first-order valence-electron chi connectivity index (χ1n) is 4.84. The first-order valence-corrected chi connectivity index (χ1v) is 6.73. The summed E-state index contributed by atoms with van der Waals surface area (Å²) < 4.78 is 24.9. The number of para-hydroxylation sites is 1. The van der Waals surface area contributed by atoms with Crippen molar-refractivity contribution >= 4 is 21.5 Å². The maximum atomic E-state index is 11.2. The van der Waals surface area contributed by atoms with Crippen LogP contribution in [0.4, 0.5) is 11.5 Å². The average molecular weight is 252 g/mol. The number of benzene rings is 1. The molecule has 17 heavy (non-hydrogen) atoms. The van der Waals surface area contributed by atoms with Gasteiger partial charge in [-0.1, -0.05) is 18.2 Å². The van der Waals surface area contributed by atoms with Crippen molar-refractivity contribution in [2.45, 2.75) is 0 Å². The number of nitrogens with one attached hydrogen (secondary N) is 2. The summed E-state index contributed by atoms with van der Waals surface area (Å²) in [5.41, 5.74) is 7.35. The molecule has 0 aliphatic carbocycles. The van der Waals surface area contributed by atoms with Crippen molar-refractivity contribution < 1.29 is 8.42 Å². The third kappa shape index (κ3) is 2.76. The minimum atomic E-state index is -3.32. The fourth-order valence-electron chi connectivity index (χ4n) is 1.48. The first-order chi connectivity index (χ1) is 7.96. The van der Waals surface area contributed by atoms with Crippen molar-refractivity contribution in [3.63, 3.8) is 0 Å². The van der Waals surface area contributed by atoms with Gasteiger partial charge in [0.05, 0.1) is 17.6 Å². The summed E-state index contributed by atoms with van der Waals surface area (Å²) in [6.07, 6.45) is 1.10. The second-order valence-corrected chi connectivity index (χ2v) is 5.37. The van der Waals surface area contributed by atoms with Crippen LogP contribution in [0.2, 0.25) is 0 Å². The third-order valence-corrected chi connectivity index (χ3v) is 2.70. The topological polar surface area (TPSA) is 101 Å². The lowest BCUT2D eigenvalue weighted by Gasteiger charge is -2.08. The number of aromatic amines is 1. The first kappa shape index (κ1) is 11.5. The van der Waals surface area contributed by atoms with Crippen LogP contribution in [0.15, 0.2) is 30.3 Å². The van der Waals surface area contributed by atoms with Crippen molar-refractivity contribution in [2.75, 3.05) is 16.7 Å². The van der Waals surface area contributed by atoms with Crippen LogP contribution in [0.3, 0.4) is 0 Å². The summed E-state index contributed by atoms with van der Waals surface area (Å²) in [7, 11) is -3.32. The summed E-state index contributed by atoms with van der Waals surface area (Å²) >= 11 is 0. The highest BCUT2D eigenvalue weighted by Gasteiger charge is 2.10. The second-order valence-electron chi connectivity index (χ2n) is 3.63. The van der Waals surface area contributed by atoms with Crippen molar-refractivity contribution in [1.29, 1.82) is 0 Å². The molecule has 2 rings (SSSR count). The molecule has 1 heterocycles.